The van der Waals surface area contributed by atoms with E-state index in [1.807, 2.05) is 5.32 Å². The van der Waals surface area contributed by atoms with Crippen LogP contribution in [0.1, 0.15) is 22.1 Å². The van der Waals surface area contributed by atoms with Crippen molar-refractivity contribution in [2.24, 2.45) is 0 Å². The van der Waals surface area contributed by atoms with Gasteiger partial charge in [0.1, 0.15) is 5.69 Å². The fourth-order valence-electron chi connectivity index (χ4n) is 1.86. The number of amides is 1. The van der Waals surface area contributed by atoms with E-state index < -0.39 is 23.6 Å². The molecular weight excluding hydrogens is 315 g/mol. The Morgan fingerprint density at radius 1 is 1.43 bits per heavy atom. The first kappa shape index (κ1) is 16.5. The largest absolute Gasteiger partial charge is 0.491 e. The fraction of sp³-hybridized carbons (Fsp3) is 0.214. The van der Waals surface area contributed by atoms with E-state index in [1.54, 1.807) is 0 Å². The number of pyridine rings is 2. The number of hydrogen-bond donors (Lipinski definition) is 2. The van der Waals surface area contributed by atoms with Gasteiger partial charge in [0.05, 0.1) is 7.11 Å². The van der Waals surface area contributed by atoms with Crippen molar-refractivity contribution in [3.8, 4) is 5.75 Å². The predicted molar refractivity (Wildman–Crippen MR) is 74.1 cm³/mol. The third-order valence-electron chi connectivity index (χ3n) is 2.96. The van der Waals surface area contributed by atoms with Gasteiger partial charge in [-0.1, -0.05) is 6.07 Å². The minimum Gasteiger partial charge on any atom is -0.491 e. The molecule has 0 aliphatic carbocycles. The summed E-state index contributed by atoms with van der Waals surface area (Å²) < 4.78 is 44.2. The Morgan fingerprint density at radius 3 is 2.70 bits per heavy atom. The lowest BCUT2D eigenvalue weighted by molar-refractivity contribution is -0.155. The van der Waals surface area contributed by atoms with Gasteiger partial charge in [-0.05, 0) is 6.07 Å². The number of H-pyrrole nitrogens is 1. The summed E-state index contributed by atoms with van der Waals surface area (Å²) >= 11 is 0. The number of carbonyl (C=O) groups is 1. The zero-order chi connectivity index (χ0) is 17.0. The molecule has 2 rings (SSSR count). The number of aromatic amines is 1. The van der Waals surface area contributed by atoms with Crippen LogP contribution in [0.25, 0.3) is 0 Å². The molecule has 0 bridgehead atoms. The average molecular weight is 327 g/mol. The average Bonchev–Trinajstić information content (AvgIpc) is 2.52. The van der Waals surface area contributed by atoms with Gasteiger partial charge in [0.15, 0.2) is 11.8 Å². The van der Waals surface area contributed by atoms with Gasteiger partial charge in [-0.15, -0.1) is 0 Å². The Kier molecular flexibility index (Phi) is 4.68. The normalized spacial score (nSPS) is 12.5. The molecule has 23 heavy (non-hydrogen) atoms. The number of rotatable bonds is 4. The van der Waals surface area contributed by atoms with Crippen LogP contribution in [0.5, 0.6) is 5.75 Å². The molecule has 2 aromatic rings. The zero-order valence-corrected chi connectivity index (χ0v) is 11.8. The van der Waals surface area contributed by atoms with Gasteiger partial charge in [0.2, 0.25) is 5.43 Å². The topological polar surface area (TPSA) is 84.1 Å². The van der Waals surface area contributed by atoms with Crippen LogP contribution in [-0.4, -0.2) is 29.2 Å². The first-order valence-electron chi connectivity index (χ1n) is 6.37. The molecule has 2 N–H and O–H groups in total. The Morgan fingerprint density at radius 2 is 2.17 bits per heavy atom. The maximum absolute atomic E-state index is 13.1. The number of aromatic nitrogens is 2. The summed E-state index contributed by atoms with van der Waals surface area (Å²) in [6, 6.07) is 1.15. The number of nitrogens with zero attached hydrogens (tertiary/aromatic N) is 1. The van der Waals surface area contributed by atoms with Gasteiger partial charge in [0, 0.05) is 30.2 Å². The summed E-state index contributed by atoms with van der Waals surface area (Å²) in [6.07, 6.45) is -1.29. The smallest absolute Gasteiger partial charge is 0.412 e. The minimum absolute atomic E-state index is 0.0545. The van der Waals surface area contributed by atoms with Crippen LogP contribution in [0.15, 0.2) is 41.6 Å². The number of halogens is 3. The van der Waals surface area contributed by atoms with Crippen LogP contribution in [-0.2, 0) is 0 Å². The van der Waals surface area contributed by atoms with Gasteiger partial charge in [-0.3, -0.25) is 14.6 Å². The highest BCUT2D eigenvalue weighted by atomic mass is 19.4. The Balaban J connectivity index is 2.28. The first-order valence-corrected chi connectivity index (χ1v) is 6.37. The van der Waals surface area contributed by atoms with Gasteiger partial charge < -0.3 is 15.0 Å². The van der Waals surface area contributed by atoms with Gasteiger partial charge in [0.25, 0.3) is 5.91 Å². The summed E-state index contributed by atoms with van der Waals surface area (Å²) in [7, 11) is 1.26. The van der Waals surface area contributed by atoms with Gasteiger partial charge in [-0.2, -0.15) is 13.2 Å². The minimum atomic E-state index is -4.72. The summed E-state index contributed by atoms with van der Waals surface area (Å²) in [4.78, 5) is 29.6. The SMILES string of the molecule is COc1c[nH]c(C(=O)NC(c2cccnc2)C(F)(F)F)cc1=O. The van der Waals surface area contributed by atoms with Crippen LogP contribution in [0, 0.1) is 0 Å². The number of alkyl halides is 3. The van der Waals surface area contributed by atoms with E-state index in [4.69, 9.17) is 4.74 Å². The fourth-order valence-corrected chi connectivity index (χ4v) is 1.86. The lowest BCUT2D eigenvalue weighted by Crippen LogP contribution is -2.38. The van der Waals surface area contributed by atoms with E-state index in [0.717, 1.165) is 18.5 Å². The van der Waals surface area contributed by atoms with Crippen LogP contribution in [0.3, 0.4) is 0 Å². The highest BCUT2D eigenvalue weighted by Gasteiger charge is 2.42. The van der Waals surface area contributed by atoms with Crippen LogP contribution in [0.4, 0.5) is 13.2 Å². The summed E-state index contributed by atoms with van der Waals surface area (Å²) in [5.41, 5.74) is -1.15. The van der Waals surface area contributed by atoms with Crippen molar-refractivity contribution < 1.29 is 22.7 Å². The molecule has 2 aromatic heterocycles. The third-order valence-corrected chi connectivity index (χ3v) is 2.96. The van der Waals surface area contributed by atoms with Crippen molar-refractivity contribution in [1.29, 1.82) is 0 Å². The monoisotopic (exact) mass is 327 g/mol. The molecule has 9 heteroatoms. The highest BCUT2D eigenvalue weighted by molar-refractivity contribution is 5.92. The van der Waals surface area contributed by atoms with Crippen molar-refractivity contribution in [2.75, 3.05) is 7.11 Å². The molecule has 1 atom stereocenters. The number of ether oxygens (including phenoxy) is 1. The van der Waals surface area contributed by atoms with Crippen molar-refractivity contribution in [3.63, 3.8) is 0 Å². The van der Waals surface area contributed by atoms with Gasteiger partial charge in [-0.25, -0.2) is 0 Å². The standard InChI is InChI=1S/C14H12F3N3O3/c1-23-11-7-19-9(5-10(11)21)13(22)20-12(14(15,16)17)8-3-2-4-18-6-8/h2-7,12H,1H3,(H,19,21)(H,20,22). The van der Waals surface area contributed by atoms with E-state index in [9.17, 15) is 22.8 Å². The quantitative estimate of drug-likeness (QED) is 0.897. The van der Waals surface area contributed by atoms with E-state index in [0.29, 0.717) is 0 Å². The second-order valence-corrected chi connectivity index (χ2v) is 4.51. The third kappa shape index (κ3) is 3.87. The molecule has 1 unspecified atom stereocenters. The van der Waals surface area contributed by atoms with E-state index >= 15 is 0 Å². The Labute approximate surface area is 128 Å². The molecule has 0 saturated heterocycles. The zero-order valence-electron chi connectivity index (χ0n) is 11.8. The van der Waals surface area contributed by atoms with Crippen molar-refractivity contribution >= 4 is 5.91 Å². The highest BCUT2D eigenvalue weighted by Crippen LogP contribution is 2.32. The van der Waals surface area contributed by atoms with E-state index in [2.05, 4.69) is 9.97 Å². The molecular formula is C14H12F3N3O3. The molecule has 0 aromatic carbocycles. The molecule has 0 saturated carbocycles. The summed E-state index contributed by atoms with van der Waals surface area (Å²) in [5, 5.41) is 1.84. The molecule has 0 fully saturated rings. The molecule has 1 amide bonds. The second-order valence-electron chi connectivity index (χ2n) is 4.51. The molecule has 6 nitrogen and oxygen atoms in total. The molecule has 122 valence electrons. The lowest BCUT2D eigenvalue weighted by atomic mass is 10.1. The summed E-state index contributed by atoms with van der Waals surface area (Å²) in [5.74, 6) is -1.13. The van der Waals surface area contributed by atoms with Crippen molar-refractivity contribution in [1.82, 2.24) is 15.3 Å². The van der Waals surface area contributed by atoms with Crippen molar-refractivity contribution in [2.45, 2.75) is 12.2 Å². The second kappa shape index (κ2) is 6.51. The van der Waals surface area contributed by atoms with E-state index in [1.165, 1.54) is 25.4 Å². The molecule has 2 heterocycles. The van der Waals surface area contributed by atoms with E-state index in [-0.39, 0.29) is 17.0 Å². The number of methoxy groups -OCH3 is 1. The number of nitrogens with one attached hydrogen (secondary N) is 2. The first-order chi connectivity index (χ1) is 10.8. The van der Waals surface area contributed by atoms with Crippen molar-refractivity contribution in [3.05, 3.63) is 58.3 Å². The molecule has 0 radical (unpaired) electrons. The van der Waals surface area contributed by atoms with Crippen LogP contribution >= 0.6 is 0 Å². The maximum atomic E-state index is 13.1. The molecule has 0 spiro atoms. The van der Waals surface area contributed by atoms with Crippen LogP contribution < -0.4 is 15.5 Å². The molecule has 0 aliphatic heterocycles. The number of carbonyl (C=O) groups excluding carboxylic acids is 1. The number of hydrogen-bond acceptors (Lipinski definition) is 4. The maximum Gasteiger partial charge on any atom is 0.412 e. The predicted octanol–water partition coefficient (Wildman–Crippen LogP) is 1.81. The van der Waals surface area contributed by atoms with Crippen LogP contribution in [0.2, 0.25) is 0 Å². The Bertz CT molecular complexity index is 744. The Hall–Kier alpha value is -2.84. The molecule has 0 aliphatic rings. The van der Waals surface area contributed by atoms with Gasteiger partial charge >= 0.3 is 6.18 Å². The summed E-state index contributed by atoms with van der Waals surface area (Å²) in [6.45, 7) is 0. The lowest BCUT2D eigenvalue weighted by Gasteiger charge is -2.21.